The van der Waals surface area contributed by atoms with Gasteiger partial charge in [-0.25, -0.2) is 0 Å². The van der Waals surface area contributed by atoms with Crippen LogP contribution in [0.5, 0.6) is 0 Å². The minimum absolute atomic E-state index is 0.0261. The monoisotopic (exact) mass is 376 g/mol. The van der Waals surface area contributed by atoms with Crippen molar-refractivity contribution < 1.29 is 19.7 Å². The van der Waals surface area contributed by atoms with Crippen LogP contribution in [-0.2, 0) is 9.53 Å². The van der Waals surface area contributed by atoms with E-state index in [-0.39, 0.29) is 11.5 Å². The van der Waals surface area contributed by atoms with Crippen LogP contribution in [0.3, 0.4) is 0 Å². The summed E-state index contributed by atoms with van der Waals surface area (Å²) in [4.78, 5) is 12.2. The number of aliphatic hydroxyl groups is 2. The molecule has 4 nitrogen and oxygen atoms in total. The fourth-order valence-corrected chi connectivity index (χ4v) is 3.35. The SMILES string of the molecule is COC1=CC(O)(O)C(CC=C(C)CCC=C(C)CCC=C(C)C)C(C)C1=O. The van der Waals surface area contributed by atoms with Crippen molar-refractivity contribution in [3.05, 3.63) is 46.8 Å². The number of hydrogen-bond donors (Lipinski definition) is 2. The summed E-state index contributed by atoms with van der Waals surface area (Å²) in [7, 11) is 1.37. The predicted octanol–water partition coefficient (Wildman–Crippen LogP) is 4.84. The van der Waals surface area contributed by atoms with Gasteiger partial charge in [-0.05, 0) is 59.8 Å². The third-order valence-electron chi connectivity index (χ3n) is 5.21. The molecule has 2 atom stereocenters. The molecule has 152 valence electrons. The van der Waals surface area contributed by atoms with Crippen LogP contribution in [0.4, 0.5) is 0 Å². The highest BCUT2D eigenvalue weighted by Gasteiger charge is 2.45. The third kappa shape index (κ3) is 7.47. The Morgan fingerprint density at radius 1 is 1.07 bits per heavy atom. The van der Waals surface area contributed by atoms with Crippen LogP contribution < -0.4 is 0 Å². The Kier molecular flexibility index (Phi) is 9.20. The Morgan fingerprint density at radius 2 is 1.63 bits per heavy atom. The highest BCUT2D eigenvalue weighted by atomic mass is 16.5. The van der Waals surface area contributed by atoms with Crippen LogP contribution in [-0.4, -0.2) is 28.9 Å². The first-order valence-electron chi connectivity index (χ1n) is 9.79. The molecule has 1 rings (SSSR count). The summed E-state index contributed by atoms with van der Waals surface area (Å²) in [5.74, 6) is -3.25. The van der Waals surface area contributed by atoms with E-state index in [9.17, 15) is 15.0 Å². The molecule has 0 saturated heterocycles. The molecule has 0 saturated carbocycles. The summed E-state index contributed by atoms with van der Waals surface area (Å²) in [6.07, 6.45) is 12.2. The van der Waals surface area contributed by atoms with Crippen LogP contribution in [0.25, 0.3) is 0 Å². The first-order chi connectivity index (χ1) is 12.6. The van der Waals surface area contributed by atoms with Crippen molar-refractivity contribution in [1.82, 2.24) is 0 Å². The molecule has 0 fully saturated rings. The van der Waals surface area contributed by atoms with Gasteiger partial charge in [0.1, 0.15) is 0 Å². The van der Waals surface area contributed by atoms with Crippen molar-refractivity contribution in [2.24, 2.45) is 11.8 Å². The van der Waals surface area contributed by atoms with E-state index in [1.165, 1.54) is 23.8 Å². The second kappa shape index (κ2) is 10.6. The normalized spacial score (nSPS) is 23.1. The Labute approximate surface area is 164 Å². The number of methoxy groups -OCH3 is 1. The van der Waals surface area contributed by atoms with E-state index >= 15 is 0 Å². The molecule has 0 aromatic heterocycles. The van der Waals surface area contributed by atoms with Crippen molar-refractivity contribution in [2.75, 3.05) is 7.11 Å². The number of ketones is 1. The molecule has 2 N–H and O–H groups in total. The van der Waals surface area contributed by atoms with Crippen LogP contribution in [0, 0.1) is 11.8 Å². The molecule has 1 aliphatic carbocycles. The molecule has 4 heteroatoms. The lowest BCUT2D eigenvalue weighted by molar-refractivity contribution is -0.182. The first kappa shape index (κ1) is 23.4. The van der Waals surface area contributed by atoms with Gasteiger partial charge >= 0.3 is 0 Å². The van der Waals surface area contributed by atoms with Crippen molar-refractivity contribution in [2.45, 2.75) is 72.5 Å². The van der Waals surface area contributed by atoms with Crippen molar-refractivity contribution in [3.8, 4) is 0 Å². The lowest BCUT2D eigenvalue weighted by atomic mass is 9.76. The molecule has 0 aliphatic heterocycles. The smallest absolute Gasteiger partial charge is 0.200 e. The van der Waals surface area contributed by atoms with E-state index in [1.54, 1.807) is 6.92 Å². The van der Waals surface area contributed by atoms with Gasteiger partial charge in [0.25, 0.3) is 0 Å². The van der Waals surface area contributed by atoms with E-state index in [4.69, 9.17) is 4.74 Å². The van der Waals surface area contributed by atoms with E-state index in [1.807, 2.05) is 6.08 Å². The maximum Gasteiger partial charge on any atom is 0.200 e. The number of Topliss-reactive ketones (excluding diaryl/α,β-unsaturated/α-hetero) is 1. The summed E-state index contributed by atoms with van der Waals surface area (Å²) in [5.41, 5.74) is 3.95. The van der Waals surface area contributed by atoms with Crippen LogP contribution >= 0.6 is 0 Å². The van der Waals surface area contributed by atoms with E-state index in [0.717, 1.165) is 31.8 Å². The largest absolute Gasteiger partial charge is 0.493 e. The lowest BCUT2D eigenvalue weighted by Crippen LogP contribution is -2.46. The van der Waals surface area contributed by atoms with E-state index < -0.39 is 17.6 Å². The van der Waals surface area contributed by atoms with Crippen molar-refractivity contribution in [3.63, 3.8) is 0 Å². The Bertz CT molecular complexity index is 631. The van der Waals surface area contributed by atoms with Crippen molar-refractivity contribution in [1.29, 1.82) is 0 Å². The predicted molar refractivity (Wildman–Crippen MR) is 110 cm³/mol. The lowest BCUT2D eigenvalue weighted by Gasteiger charge is -2.36. The summed E-state index contributed by atoms with van der Waals surface area (Å²) in [5, 5.41) is 20.6. The average Bonchev–Trinajstić information content (AvgIpc) is 2.57. The van der Waals surface area contributed by atoms with Gasteiger partial charge in [0.2, 0.25) is 5.78 Å². The Hall–Kier alpha value is -1.65. The minimum atomic E-state index is -2.03. The first-order valence-corrected chi connectivity index (χ1v) is 9.79. The Balaban J connectivity index is 2.60. The second-order valence-electron chi connectivity index (χ2n) is 7.95. The molecule has 1 aliphatic rings. The van der Waals surface area contributed by atoms with Gasteiger partial charge in [0.15, 0.2) is 11.5 Å². The number of allylic oxidation sites excluding steroid dienone is 7. The molecule has 0 bridgehead atoms. The fraction of sp³-hybridized carbons (Fsp3) is 0.609. The summed E-state index contributed by atoms with van der Waals surface area (Å²) < 4.78 is 4.97. The molecule has 2 unspecified atom stereocenters. The van der Waals surface area contributed by atoms with Crippen LogP contribution in [0.2, 0.25) is 0 Å². The third-order valence-corrected chi connectivity index (χ3v) is 5.21. The number of carbonyl (C=O) groups excluding carboxylic acids is 1. The number of rotatable bonds is 9. The zero-order valence-electron chi connectivity index (χ0n) is 17.7. The highest BCUT2D eigenvalue weighted by molar-refractivity contribution is 5.96. The summed E-state index contributed by atoms with van der Waals surface area (Å²) in [6.45, 7) is 10.2. The maximum absolute atomic E-state index is 12.2. The molecule has 0 aromatic rings. The van der Waals surface area contributed by atoms with Crippen molar-refractivity contribution >= 4 is 5.78 Å². The van der Waals surface area contributed by atoms with Gasteiger partial charge in [-0.15, -0.1) is 0 Å². The van der Waals surface area contributed by atoms with Gasteiger partial charge < -0.3 is 14.9 Å². The van der Waals surface area contributed by atoms with Gasteiger partial charge in [-0.3, -0.25) is 4.79 Å². The molecule has 0 aromatic carbocycles. The zero-order chi connectivity index (χ0) is 20.6. The van der Waals surface area contributed by atoms with E-state index in [0.29, 0.717) is 6.42 Å². The molecule has 0 spiro atoms. The summed E-state index contributed by atoms with van der Waals surface area (Å²) in [6, 6.07) is 0. The number of ether oxygens (including phenoxy) is 1. The molecule has 0 radical (unpaired) electrons. The quantitative estimate of drug-likeness (QED) is 0.446. The van der Waals surface area contributed by atoms with E-state index in [2.05, 4.69) is 39.8 Å². The number of hydrogen-bond acceptors (Lipinski definition) is 4. The molecule has 0 heterocycles. The van der Waals surface area contributed by atoms with Gasteiger partial charge in [-0.2, -0.15) is 0 Å². The van der Waals surface area contributed by atoms with Crippen LogP contribution in [0.1, 0.15) is 66.7 Å². The topological polar surface area (TPSA) is 66.8 Å². The van der Waals surface area contributed by atoms with Crippen LogP contribution in [0.15, 0.2) is 46.8 Å². The van der Waals surface area contributed by atoms with Gasteiger partial charge in [-0.1, -0.05) is 41.9 Å². The number of carbonyl (C=O) groups is 1. The average molecular weight is 377 g/mol. The standard InChI is InChI=1S/C23H36O4/c1-16(2)9-7-10-17(3)11-8-12-18(4)13-14-20-19(5)22(24)21(27-6)15-23(20,25)26/h9,11,13,15,19-20,25-26H,7-8,10,12,14H2,1-6H3. The maximum atomic E-state index is 12.2. The van der Waals surface area contributed by atoms with Gasteiger partial charge in [0.05, 0.1) is 7.11 Å². The zero-order valence-corrected chi connectivity index (χ0v) is 17.7. The highest BCUT2D eigenvalue weighted by Crippen LogP contribution is 2.36. The minimum Gasteiger partial charge on any atom is -0.493 e. The molecule has 27 heavy (non-hydrogen) atoms. The molecule has 0 amide bonds. The molecular weight excluding hydrogens is 340 g/mol. The molecular formula is C23H36O4. The second-order valence-corrected chi connectivity index (χ2v) is 7.95. The van der Waals surface area contributed by atoms with Gasteiger partial charge in [0, 0.05) is 17.9 Å². The fourth-order valence-electron chi connectivity index (χ4n) is 3.35. The summed E-state index contributed by atoms with van der Waals surface area (Å²) >= 11 is 0. The Morgan fingerprint density at radius 3 is 2.19 bits per heavy atom.